The summed E-state index contributed by atoms with van der Waals surface area (Å²) in [7, 11) is 0. The Morgan fingerprint density at radius 1 is 1.26 bits per heavy atom. The molecule has 1 heterocycles. The average molecular weight is 269 g/mol. The highest BCUT2D eigenvalue weighted by atomic mass is 16.2. The van der Waals surface area contributed by atoms with Crippen molar-refractivity contribution in [2.45, 2.75) is 59.5 Å². The molecule has 4 heteroatoms. The molecule has 2 atom stereocenters. The van der Waals surface area contributed by atoms with Gasteiger partial charge in [0.2, 0.25) is 5.91 Å². The molecule has 19 heavy (non-hydrogen) atoms. The summed E-state index contributed by atoms with van der Waals surface area (Å²) in [5.74, 6) is 0.515. The fraction of sp³-hybridized carbons (Fsp3) is 0.933. The van der Waals surface area contributed by atoms with Crippen molar-refractivity contribution in [1.82, 2.24) is 10.2 Å². The van der Waals surface area contributed by atoms with E-state index in [1.807, 2.05) is 20.8 Å². The molecule has 0 spiro atoms. The first-order valence-electron chi connectivity index (χ1n) is 7.51. The summed E-state index contributed by atoms with van der Waals surface area (Å²) in [6, 6.07) is -0.0162. The van der Waals surface area contributed by atoms with Crippen molar-refractivity contribution in [1.29, 1.82) is 0 Å². The molecule has 1 saturated heterocycles. The van der Waals surface area contributed by atoms with Crippen LogP contribution < -0.4 is 11.1 Å². The number of rotatable bonds is 5. The third-order valence-electron chi connectivity index (χ3n) is 4.08. The maximum absolute atomic E-state index is 12.1. The van der Waals surface area contributed by atoms with E-state index in [4.69, 9.17) is 5.73 Å². The lowest BCUT2D eigenvalue weighted by atomic mass is 9.87. The summed E-state index contributed by atoms with van der Waals surface area (Å²) >= 11 is 0. The van der Waals surface area contributed by atoms with Gasteiger partial charge in [0.25, 0.3) is 0 Å². The number of hydrogen-bond donors (Lipinski definition) is 2. The molecule has 0 aromatic rings. The van der Waals surface area contributed by atoms with Crippen LogP contribution in [0.3, 0.4) is 0 Å². The van der Waals surface area contributed by atoms with Gasteiger partial charge in [0, 0.05) is 12.6 Å². The Balaban J connectivity index is 2.50. The fourth-order valence-corrected chi connectivity index (χ4v) is 2.57. The molecular weight excluding hydrogens is 238 g/mol. The molecule has 1 amide bonds. The van der Waals surface area contributed by atoms with E-state index >= 15 is 0 Å². The second-order valence-corrected chi connectivity index (χ2v) is 7.14. The van der Waals surface area contributed by atoms with Crippen LogP contribution in [0, 0.1) is 11.3 Å². The Hall–Kier alpha value is -0.610. The van der Waals surface area contributed by atoms with E-state index in [-0.39, 0.29) is 11.3 Å². The molecule has 0 aromatic heterocycles. The first kappa shape index (κ1) is 16.4. The van der Waals surface area contributed by atoms with Crippen LogP contribution in [0.2, 0.25) is 0 Å². The number of amides is 1. The summed E-state index contributed by atoms with van der Waals surface area (Å²) in [5.41, 5.74) is 5.79. The lowest BCUT2D eigenvalue weighted by Crippen LogP contribution is -2.52. The molecule has 1 rings (SSSR count). The summed E-state index contributed by atoms with van der Waals surface area (Å²) in [6.07, 6.45) is 2.55. The summed E-state index contributed by atoms with van der Waals surface area (Å²) < 4.78 is 0. The highest BCUT2D eigenvalue weighted by molar-refractivity contribution is 5.82. The average Bonchev–Trinajstić information content (AvgIpc) is 2.79. The first-order chi connectivity index (χ1) is 8.73. The van der Waals surface area contributed by atoms with E-state index in [0.29, 0.717) is 18.5 Å². The maximum Gasteiger partial charge on any atom is 0.237 e. The molecule has 4 nitrogen and oxygen atoms in total. The summed E-state index contributed by atoms with van der Waals surface area (Å²) in [5, 5.41) is 3.04. The van der Waals surface area contributed by atoms with Gasteiger partial charge in [-0.1, -0.05) is 34.6 Å². The number of nitrogens with two attached hydrogens (primary N) is 1. The summed E-state index contributed by atoms with van der Waals surface area (Å²) in [6.45, 7) is 13.5. The first-order valence-corrected chi connectivity index (χ1v) is 7.51. The van der Waals surface area contributed by atoms with Crippen LogP contribution in [0.1, 0.15) is 47.5 Å². The Labute approximate surface area is 118 Å². The van der Waals surface area contributed by atoms with Crippen LogP contribution in [0.15, 0.2) is 0 Å². The smallest absolute Gasteiger partial charge is 0.237 e. The molecule has 2 unspecified atom stereocenters. The van der Waals surface area contributed by atoms with Gasteiger partial charge in [0.1, 0.15) is 0 Å². The zero-order chi connectivity index (χ0) is 14.6. The lowest BCUT2D eigenvalue weighted by Gasteiger charge is -2.32. The lowest BCUT2D eigenvalue weighted by molar-refractivity contribution is -0.124. The van der Waals surface area contributed by atoms with Crippen molar-refractivity contribution < 1.29 is 4.79 Å². The molecule has 0 saturated carbocycles. The van der Waals surface area contributed by atoms with Gasteiger partial charge in [-0.05, 0) is 37.3 Å². The largest absolute Gasteiger partial charge is 0.353 e. The molecule has 1 fully saturated rings. The summed E-state index contributed by atoms with van der Waals surface area (Å²) in [4.78, 5) is 14.6. The monoisotopic (exact) mass is 269 g/mol. The number of nitrogens with one attached hydrogen (secondary N) is 1. The molecule has 1 aliphatic heterocycles. The van der Waals surface area contributed by atoms with Crippen molar-refractivity contribution >= 4 is 5.91 Å². The number of carbonyl (C=O) groups is 1. The van der Waals surface area contributed by atoms with E-state index in [9.17, 15) is 4.79 Å². The zero-order valence-corrected chi connectivity index (χ0v) is 13.2. The Morgan fingerprint density at radius 3 is 2.21 bits per heavy atom. The molecule has 0 radical (unpaired) electrons. The van der Waals surface area contributed by atoms with Crippen molar-refractivity contribution in [3.8, 4) is 0 Å². The number of carbonyl (C=O) groups excluding carboxylic acids is 1. The zero-order valence-electron chi connectivity index (χ0n) is 13.2. The van der Waals surface area contributed by atoms with Gasteiger partial charge in [0.15, 0.2) is 0 Å². The number of hydrogen-bond acceptors (Lipinski definition) is 3. The molecule has 1 aliphatic rings. The van der Waals surface area contributed by atoms with Crippen LogP contribution in [0.5, 0.6) is 0 Å². The standard InChI is InChI=1S/C15H31N3O/c1-11(2)12(18-8-6-7-9-18)10-17-14(19)13(16)15(3,4)5/h11-13H,6-10,16H2,1-5H3,(H,17,19). The van der Waals surface area contributed by atoms with Gasteiger partial charge in [-0.2, -0.15) is 0 Å². The minimum Gasteiger partial charge on any atom is -0.353 e. The van der Waals surface area contributed by atoms with Crippen molar-refractivity contribution in [3.63, 3.8) is 0 Å². The van der Waals surface area contributed by atoms with Crippen molar-refractivity contribution in [3.05, 3.63) is 0 Å². The highest BCUT2D eigenvalue weighted by Gasteiger charge is 2.29. The highest BCUT2D eigenvalue weighted by Crippen LogP contribution is 2.19. The Morgan fingerprint density at radius 2 is 1.79 bits per heavy atom. The molecule has 0 bridgehead atoms. The van der Waals surface area contributed by atoms with Crippen LogP contribution in [-0.4, -0.2) is 42.5 Å². The van der Waals surface area contributed by atoms with Crippen LogP contribution in [-0.2, 0) is 4.79 Å². The van der Waals surface area contributed by atoms with E-state index in [0.717, 1.165) is 13.1 Å². The van der Waals surface area contributed by atoms with E-state index < -0.39 is 6.04 Å². The van der Waals surface area contributed by atoms with Crippen LogP contribution in [0.4, 0.5) is 0 Å². The fourth-order valence-electron chi connectivity index (χ4n) is 2.57. The predicted octanol–water partition coefficient (Wildman–Crippen LogP) is 1.60. The second kappa shape index (κ2) is 6.71. The van der Waals surface area contributed by atoms with Gasteiger partial charge in [-0.25, -0.2) is 0 Å². The molecule has 3 N–H and O–H groups in total. The molecule has 112 valence electrons. The van der Waals surface area contributed by atoms with Gasteiger partial charge in [-0.15, -0.1) is 0 Å². The van der Waals surface area contributed by atoms with Crippen molar-refractivity contribution in [2.75, 3.05) is 19.6 Å². The number of likely N-dealkylation sites (tertiary alicyclic amines) is 1. The Bertz CT molecular complexity index is 290. The molecule has 0 aliphatic carbocycles. The third-order valence-corrected chi connectivity index (χ3v) is 4.08. The Kier molecular flexibility index (Phi) is 5.81. The quantitative estimate of drug-likeness (QED) is 0.797. The van der Waals surface area contributed by atoms with Gasteiger partial charge in [0.05, 0.1) is 6.04 Å². The minimum absolute atomic E-state index is 0.0302. The minimum atomic E-state index is -0.445. The normalized spacial score (nSPS) is 20.6. The van der Waals surface area contributed by atoms with Crippen LogP contribution in [0.25, 0.3) is 0 Å². The third kappa shape index (κ3) is 4.77. The van der Waals surface area contributed by atoms with Gasteiger partial charge >= 0.3 is 0 Å². The topological polar surface area (TPSA) is 58.4 Å². The van der Waals surface area contributed by atoms with E-state index in [1.54, 1.807) is 0 Å². The predicted molar refractivity (Wildman–Crippen MR) is 79.9 cm³/mol. The van der Waals surface area contributed by atoms with E-state index in [2.05, 4.69) is 24.1 Å². The van der Waals surface area contributed by atoms with E-state index in [1.165, 1.54) is 12.8 Å². The maximum atomic E-state index is 12.1. The van der Waals surface area contributed by atoms with Gasteiger partial charge < -0.3 is 11.1 Å². The number of nitrogens with zero attached hydrogens (tertiary/aromatic N) is 1. The van der Waals surface area contributed by atoms with Gasteiger partial charge in [-0.3, -0.25) is 9.69 Å². The molecule has 0 aromatic carbocycles. The second-order valence-electron chi connectivity index (χ2n) is 7.14. The van der Waals surface area contributed by atoms with Crippen molar-refractivity contribution in [2.24, 2.45) is 17.1 Å². The SMILES string of the molecule is CC(C)C(CNC(=O)C(N)C(C)(C)C)N1CCCC1. The molecular formula is C15H31N3O. The van der Waals surface area contributed by atoms with Crippen LogP contribution >= 0.6 is 0 Å².